The highest BCUT2D eigenvalue weighted by Gasteiger charge is 2.32. The van der Waals surface area contributed by atoms with Crippen LogP contribution in [0.25, 0.3) is 0 Å². The number of hydrogen-bond acceptors (Lipinski definition) is 5. The predicted molar refractivity (Wildman–Crippen MR) is 94.8 cm³/mol. The number of rotatable bonds is 5. The quantitative estimate of drug-likeness (QED) is 0.573. The number of hydrogen-bond donors (Lipinski definition) is 5. The smallest absolute Gasteiger partial charge is 0.242 e. The second kappa shape index (κ2) is 7.44. The maximum absolute atomic E-state index is 12.4. The van der Waals surface area contributed by atoms with Crippen molar-refractivity contribution in [3.8, 4) is 0 Å². The van der Waals surface area contributed by atoms with Crippen LogP contribution in [0.3, 0.4) is 0 Å². The average molecular weight is 325 g/mol. The fraction of sp³-hybridized carbons (Fsp3) is 0.278. The molecule has 0 saturated carbocycles. The molecule has 0 spiro atoms. The van der Waals surface area contributed by atoms with Gasteiger partial charge in [-0.2, -0.15) is 5.53 Å². The molecule has 6 nitrogen and oxygen atoms in total. The summed E-state index contributed by atoms with van der Waals surface area (Å²) < 4.78 is 0. The molecule has 1 amide bonds. The Kier molecular flexibility index (Phi) is 5.10. The van der Waals surface area contributed by atoms with Gasteiger partial charge in [-0.15, -0.1) is 0 Å². The van der Waals surface area contributed by atoms with Gasteiger partial charge in [-0.05, 0) is 42.7 Å². The van der Waals surface area contributed by atoms with E-state index in [2.05, 4.69) is 53.0 Å². The largest absolute Gasteiger partial charge is 0.367 e. The summed E-state index contributed by atoms with van der Waals surface area (Å²) in [4.78, 5) is 12.4. The van der Waals surface area contributed by atoms with Crippen molar-refractivity contribution >= 4 is 11.6 Å². The van der Waals surface area contributed by atoms with Crippen LogP contribution in [0, 0.1) is 13.8 Å². The maximum Gasteiger partial charge on any atom is 0.242 e. The molecule has 0 aromatic heterocycles. The highest BCUT2D eigenvalue weighted by atomic mass is 16.2. The summed E-state index contributed by atoms with van der Waals surface area (Å²) in [5.74, 6) is -0.0716. The molecule has 0 aliphatic carbocycles. The van der Waals surface area contributed by atoms with Gasteiger partial charge in [0.2, 0.25) is 5.91 Å². The number of hydrazine groups is 2. The molecule has 3 rings (SSSR count). The van der Waals surface area contributed by atoms with Gasteiger partial charge in [-0.1, -0.05) is 36.4 Å². The van der Waals surface area contributed by atoms with E-state index in [-0.39, 0.29) is 12.1 Å². The Balaban J connectivity index is 1.60. The molecule has 2 unspecified atom stereocenters. The number of nitrogens with one attached hydrogen (secondary N) is 5. The number of amides is 1. The molecule has 0 bridgehead atoms. The Hall–Kier alpha value is -2.41. The fourth-order valence-electron chi connectivity index (χ4n) is 2.61. The number of carbonyl (C=O) groups excluding carboxylic acids is 1. The molecule has 1 fully saturated rings. The minimum absolute atomic E-state index is 0.0716. The number of benzene rings is 2. The van der Waals surface area contributed by atoms with E-state index in [1.165, 1.54) is 11.1 Å². The van der Waals surface area contributed by atoms with Crippen LogP contribution < -0.4 is 27.0 Å². The highest BCUT2D eigenvalue weighted by molar-refractivity contribution is 5.83. The lowest BCUT2D eigenvalue weighted by molar-refractivity contribution is -0.123. The van der Waals surface area contributed by atoms with Gasteiger partial charge < -0.3 is 10.6 Å². The summed E-state index contributed by atoms with van der Waals surface area (Å²) in [6.45, 7) is 4.66. The molecule has 1 heterocycles. The van der Waals surface area contributed by atoms with Gasteiger partial charge in [0.05, 0.1) is 0 Å². The molecule has 1 saturated heterocycles. The van der Waals surface area contributed by atoms with Crippen molar-refractivity contribution in [3.63, 3.8) is 0 Å². The minimum Gasteiger partial charge on any atom is -0.367 e. The second-order valence-electron chi connectivity index (χ2n) is 6.02. The molecular weight excluding hydrogens is 302 g/mol. The summed E-state index contributed by atoms with van der Waals surface area (Å²) in [5, 5.41) is 6.30. The maximum atomic E-state index is 12.4. The number of carbonyl (C=O) groups is 1. The van der Waals surface area contributed by atoms with Crippen LogP contribution >= 0.6 is 0 Å². The standard InChI is InChI=1S/C18H23N5O/c1-12-8-9-15(10-13(12)2)20-17-16(21-23-22-17)18(24)19-11-14-6-4-3-5-7-14/h3-10,16-17,20-23H,11H2,1-2H3,(H,19,24). The van der Waals surface area contributed by atoms with E-state index in [4.69, 9.17) is 0 Å². The first-order chi connectivity index (χ1) is 11.6. The Morgan fingerprint density at radius 2 is 1.83 bits per heavy atom. The molecule has 2 aromatic carbocycles. The summed E-state index contributed by atoms with van der Waals surface area (Å²) in [6, 6.07) is 15.6. The van der Waals surface area contributed by atoms with Crippen LogP contribution in [-0.4, -0.2) is 18.1 Å². The normalized spacial score (nSPS) is 19.9. The van der Waals surface area contributed by atoms with Crippen molar-refractivity contribution in [1.82, 2.24) is 21.7 Å². The zero-order valence-electron chi connectivity index (χ0n) is 13.9. The van der Waals surface area contributed by atoms with Crippen LogP contribution in [0.1, 0.15) is 16.7 Å². The van der Waals surface area contributed by atoms with Crippen molar-refractivity contribution in [2.75, 3.05) is 5.32 Å². The lowest BCUT2D eigenvalue weighted by Gasteiger charge is -2.20. The van der Waals surface area contributed by atoms with Crippen molar-refractivity contribution in [2.45, 2.75) is 32.6 Å². The van der Waals surface area contributed by atoms with Crippen molar-refractivity contribution in [2.24, 2.45) is 0 Å². The van der Waals surface area contributed by atoms with Gasteiger partial charge in [0.15, 0.2) is 0 Å². The molecular formula is C18H23N5O. The molecule has 2 atom stereocenters. The van der Waals surface area contributed by atoms with Gasteiger partial charge in [0.25, 0.3) is 0 Å². The monoisotopic (exact) mass is 325 g/mol. The van der Waals surface area contributed by atoms with E-state index in [9.17, 15) is 4.79 Å². The molecule has 126 valence electrons. The van der Waals surface area contributed by atoms with Crippen LogP contribution in [0.2, 0.25) is 0 Å². The third kappa shape index (κ3) is 3.91. The van der Waals surface area contributed by atoms with E-state index >= 15 is 0 Å². The number of anilines is 1. The van der Waals surface area contributed by atoms with E-state index in [1.54, 1.807) is 0 Å². The Morgan fingerprint density at radius 3 is 2.58 bits per heavy atom. The van der Waals surface area contributed by atoms with E-state index < -0.39 is 6.04 Å². The molecule has 6 heteroatoms. The summed E-state index contributed by atoms with van der Waals surface area (Å²) >= 11 is 0. The Bertz CT molecular complexity index is 704. The molecule has 1 aliphatic rings. The lowest BCUT2D eigenvalue weighted by atomic mass is 10.1. The van der Waals surface area contributed by atoms with Gasteiger partial charge >= 0.3 is 0 Å². The summed E-state index contributed by atoms with van der Waals surface area (Å²) in [6.07, 6.45) is -0.247. The first-order valence-electron chi connectivity index (χ1n) is 8.05. The molecule has 1 aliphatic heterocycles. The minimum atomic E-state index is -0.421. The summed E-state index contributed by atoms with van der Waals surface area (Å²) in [7, 11) is 0. The van der Waals surface area contributed by atoms with Gasteiger partial charge in [-0.3, -0.25) is 4.79 Å². The third-order valence-corrected chi connectivity index (χ3v) is 4.21. The van der Waals surface area contributed by atoms with E-state index in [0.29, 0.717) is 6.54 Å². The fourth-order valence-corrected chi connectivity index (χ4v) is 2.61. The van der Waals surface area contributed by atoms with Crippen molar-refractivity contribution in [3.05, 3.63) is 65.2 Å². The topological polar surface area (TPSA) is 77.2 Å². The molecule has 0 radical (unpaired) electrons. The van der Waals surface area contributed by atoms with E-state index in [0.717, 1.165) is 11.3 Å². The SMILES string of the molecule is Cc1ccc(NC2NNNC2C(=O)NCc2ccccc2)cc1C. The Morgan fingerprint density at radius 1 is 1.04 bits per heavy atom. The molecule has 5 N–H and O–H groups in total. The van der Waals surface area contributed by atoms with Crippen LogP contribution in [0.4, 0.5) is 5.69 Å². The van der Waals surface area contributed by atoms with Gasteiger partial charge in [0, 0.05) is 12.2 Å². The predicted octanol–water partition coefficient (Wildman–Crippen LogP) is 1.34. The van der Waals surface area contributed by atoms with E-state index in [1.807, 2.05) is 36.4 Å². The second-order valence-corrected chi connectivity index (χ2v) is 6.02. The van der Waals surface area contributed by atoms with Crippen molar-refractivity contribution < 1.29 is 4.79 Å². The number of aryl methyl sites for hydroxylation is 2. The highest BCUT2D eigenvalue weighted by Crippen LogP contribution is 2.16. The lowest BCUT2D eigenvalue weighted by Crippen LogP contribution is -2.50. The molecule has 2 aromatic rings. The average Bonchev–Trinajstić information content (AvgIpc) is 3.05. The van der Waals surface area contributed by atoms with Crippen LogP contribution in [0.15, 0.2) is 48.5 Å². The summed E-state index contributed by atoms with van der Waals surface area (Å²) in [5.41, 5.74) is 13.3. The first-order valence-corrected chi connectivity index (χ1v) is 8.05. The zero-order chi connectivity index (χ0) is 16.9. The third-order valence-electron chi connectivity index (χ3n) is 4.21. The van der Waals surface area contributed by atoms with Gasteiger partial charge in [0.1, 0.15) is 12.2 Å². The Labute approximate surface area is 142 Å². The molecule has 24 heavy (non-hydrogen) atoms. The van der Waals surface area contributed by atoms with Crippen LogP contribution in [0.5, 0.6) is 0 Å². The van der Waals surface area contributed by atoms with Gasteiger partial charge in [-0.25, -0.2) is 10.9 Å². The van der Waals surface area contributed by atoms with Crippen molar-refractivity contribution in [1.29, 1.82) is 0 Å². The zero-order valence-corrected chi connectivity index (χ0v) is 13.9. The van der Waals surface area contributed by atoms with Crippen LogP contribution in [-0.2, 0) is 11.3 Å². The first kappa shape index (κ1) is 16.4.